The van der Waals surface area contributed by atoms with Gasteiger partial charge >= 0.3 is 0 Å². The van der Waals surface area contributed by atoms with Gasteiger partial charge < -0.3 is 15.5 Å². The summed E-state index contributed by atoms with van der Waals surface area (Å²) in [6, 6.07) is 4.18. The highest BCUT2D eigenvalue weighted by Gasteiger charge is 2.23. The minimum Gasteiger partial charge on any atom is -0.390 e. The van der Waals surface area contributed by atoms with Gasteiger partial charge in [-0.15, -0.1) is 0 Å². The molecule has 1 aromatic carbocycles. The molecule has 0 saturated heterocycles. The summed E-state index contributed by atoms with van der Waals surface area (Å²) >= 11 is 0. The number of fused-ring (bicyclic) bond motifs is 1. The first-order valence-electron chi connectivity index (χ1n) is 6.17. The topological polar surface area (TPSA) is 124 Å². The summed E-state index contributed by atoms with van der Waals surface area (Å²) in [6.07, 6.45) is -1.80. The van der Waals surface area contributed by atoms with Crippen LogP contribution in [-0.2, 0) is 0 Å². The second-order valence-corrected chi connectivity index (χ2v) is 4.50. The number of H-pyrrole nitrogens is 1. The Morgan fingerprint density at radius 3 is 2.90 bits per heavy atom. The molecule has 0 amide bonds. The van der Waals surface area contributed by atoms with E-state index >= 15 is 0 Å². The van der Waals surface area contributed by atoms with Crippen LogP contribution in [0.25, 0.3) is 10.9 Å². The molecule has 0 saturated carbocycles. The molecule has 8 heteroatoms. The van der Waals surface area contributed by atoms with E-state index in [0.29, 0.717) is 23.9 Å². The number of nitrogens with zero attached hydrogens (tertiary/aromatic N) is 2. The van der Waals surface area contributed by atoms with Gasteiger partial charge in [0.25, 0.3) is 5.69 Å². The van der Waals surface area contributed by atoms with Crippen molar-refractivity contribution >= 4 is 16.6 Å². The fourth-order valence-electron chi connectivity index (χ4n) is 2.00. The van der Waals surface area contributed by atoms with Gasteiger partial charge in [-0.05, 0) is 26.1 Å². The zero-order valence-corrected chi connectivity index (χ0v) is 10.9. The summed E-state index contributed by atoms with van der Waals surface area (Å²) in [7, 11) is 1.74. The van der Waals surface area contributed by atoms with E-state index in [1.807, 2.05) is 0 Å². The number of hydrogen-bond donors (Lipinski definition) is 4. The molecule has 2 aromatic rings. The largest absolute Gasteiger partial charge is 0.390 e. The molecule has 0 fully saturated rings. The van der Waals surface area contributed by atoms with Crippen LogP contribution >= 0.6 is 0 Å². The van der Waals surface area contributed by atoms with Gasteiger partial charge in [0.1, 0.15) is 6.10 Å². The molecule has 1 heterocycles. The summed E-state index contributed by atoms with van der Waals surface area (Å²) in [5.74, 6) is 0. The Balaban J connectivity index is 2.33. The molecule has 2 rings (SSSR count). The van der Waals surface area contributed by atoms with Crippen molar-refractivity contribution in [2.45, 2.75) is 18.6 Å². The lowest BCUT2D eigenvalue weighted by Gasteiger charge is -2.16. The maximum absolute atomic E-state index is 10.8. The molecule has 0 aliphatic rings. The Labute approximate surface area is 114 Å². The van der Waals surface area contributed by atoms with Crippen LogP contribution in [0.2, 0.25) is 0 Å². The molecule has 8 nitrogen and oxygen atoms in total. The molecule has 2 atom stereocenters. The highest BCUT2D eigenvalue weighted by Crippen LogP contribution is 2.28. The van der Waals surface area contributed by atoms with Gasteiger partial charge in [-0.25, -0.2) is 0 Å². The number of aromatic nitrogens is 2. The van der Waals surface area contributed by atoms with E-state index < -0.39 is 17.1 Å². The van der Waals surface area contributed by atoms with E-state index in [9.17, 15) is 20.3 Å². The summed E-state index contributed by atoms with van der Waals surface area (Å²) in [6.45, 7) is 0.546. The minimum absolute atomic E-state index is 0.0861. The minimum atomic E-state index is -1.17. The van der Waals surface area contributed by atoms with Crippen LogP contribution in [0.4, 0.5) is 5.69 Å². The fraction of sp³-hybridized carbons (Fsp3) is 0.417. The molecule has 0 bridgehead atoms. The second kappa shape index (κ2) is 5.95. The summed E-state index contributed by atoms with van der Waals surface area (Å²) in [5, 5.41) is 40.7. The van der Waals surface area contributed by atoms with Crippen molar-refractivity contribution in [3.63, 3.8) is 0 Å². The van der Waals surface area contributed by atoms with Gasteiger partial charge in [-0.1, -0.05) is 0 Å². The molecular weight excluding hydrogens is 264 g/mol. The maximum atomic E-state index is 10.8. The Morgan fingerprint density at radius 2 is 2.25 bits per heavy atom. The molecule has 0 spiro atoms. The highest BCUT2D eigenvalue weighted by molar-refractivity contribution is 5.84. The Morgan fingerprint density at radius 1 is 1.50 bits per heavy atom. The molecule has 108 valence electrons. The van der Waals surface area contributed by atoms with Gasteiger partial charge in [0.05, 0.1) is 22.2 Å². The summed E-state index contributed by atoms with van der Waals surface area (Å²) < 4.78 is 0. The van der Waals surface area contributed by atoms with Crippen LogP contribution < -0.4 is 5.32 Å². The molecule has 0 aliphatic heterocycles. The predicted octanol–water partition coefficient (Wildman–Crippen LogP) is 0.475. The van der Waals surface area contributed by atoms with Crippen molar-refractivity contribution in [3.8, 4) is 0 Å². The molecular formula is C12H16N4O4. The summed E-state index contributed by atoms with van der Waals surface area (Å²) in [5.41, 5.74) is 0.704. The third kappa shape index (κ3) is 2.77. The van der Waals surface area contributed by atoms with E-state index in [1.165, 1.54) is 18.2 Å². The molecule has 0 radical (unpaired) electrons. The lowest BCUT2D eigenvalue weighted by molar-refractivity contribution is -0.384. The van der Waals surface area contributed by atoms with Gasteiger partial charge in [0.15, 0.2) is 0 Å². The van der Waals surface area contributed by atoms with Crippen LogP contribution in [0.15, 0.2) is 18.2 Å². The normalized spacial score (nSPS) is 14.3. The average molecular weight is 280 g/mol. The number of nitro benzene ring substituents is 1. The monoisotopic (exact) mass is 280 g/mol. The first kappa shape index (κ1) is 14.4. The van der Waals surface area contributed by atoms with Gasteiger partial charge in [0.2, 0.25) is 0 Å². The molecule has 0 aliphatic carbocycles. The second-order valence-electron chi connectivity index (χ2n) is 4.50. The lowest BCUT2D eigenvalue weighted by atomic mass is 10.0. The van der Waals surface area contributed by atoms with Crippen LogP contribution in [-0.4, -0.2) is 45.0 Å². The van der Waals surface area contributed by atoms with Crippen molar-refractivity contribution in [2.75, 3.05) is 13.6 Å². The first-order valence-corrected chi connectivity index (χ1v) is 6.17. The molecule has 2 unspecified atom stereocenters. The average Bonchev–Trinajstić information content (AvgIpc) is 2.86. The number of aliphatic hydroxyl groups is 2. The quantitative estimate of drug-likeness (QED) is 0.450. The standard InChI is InChI=1S/C12H16N4O4/c1-13-5-4-10(17)12(18)11-8-6-7(16(19)20)2-3-9(8)14-15-11/h2-3,6,10,12-13,17-18H,4-5H2,1H3,(H,14,15). The SMILES string of the molecule is CNCCC(O)C(O)c1[nH]nc2ccc([N+](=O)[O-])cc12. The van der Waals surface area contributed by atoms with E-state index in [2.05, 4.69) is 15.5 Å². The zero-order valence-electron chi connectivity index (χ0n) is 10.9. The Kier molecular flexibility index (Phi) is 4.28. The molecule has 4 N–H and O–H groups in total. The van der Waals surface area contributed by atoms with E-state index in [1.54, 1.807) is 7.05 Å². The number of hydrogen-bond acceptors (Lipinski definition) is 6. The van der Waals surface area contributed by atoms with E-state index in [0.717, 1.165) is 0 Å². The van der Waals surface area contributed by atoms with E-state index in [-0.39, 0.29) is 11.4 Å². The lowest BCUT2D eigenvalue weighted by Crippen LogP contribution is -2.23. The summed E-state index contributed by atoms with van der Waals surface area (Å²) in [4.78, 5) is 10.3. The third-order valence-corrected chi connectivity index (χ3v) is 3.13. The predicted molar refractivity (Wildman–Crippen MR) is 72.3 cm³/mol. The van der Waals surface area contributed by atoms with Crippen molar-refractivity contribution in [2.24, 2.45) is 0 Å². The molecule has 20 heavy (non-hydrogen) atoms. The number of rotatable bonds is 6. The van der Waals surface area contributed by atoms with Gasteiger partial charge in [0, 0.05) is 17.5 Å². The maximum Gasteiger partial charge on any atom is 0.270 e. The fourth-order valence-corrected chi connectivity index (χ4v) is 2.00. The highest BCUT2D eigenvalue weighted by atomic mass is 16.6. The van der Waals surface area contributed by atoms with Gasteiger partial charge in [-0.3, -0.25) is 15.2 Å². The van der Waals surface area contributed by atoms with Crippen molar-refractivity contribution in [3.05, 3.63) is 34.0 Å². The Bertz CT molecular complexity index is 613. The van der Waals surface area contributed by atoms with Crippen molar-refractivity contribution in [1.29, 1.82) is 0 Å². The van der Waals surface area contributed by atoms with Crippen molar-refractivity contribution < 1.29 is 15.1 Å². The Hall–Kier alpha value is -2.03. The third-order valence-electron chi connectivity index (χ3n) is 3.13. The van der Waals surface area contributed by atoms with Crippen LogP contribution in [0, 0.1) is 10.1 Å². The van der Waals surface area contributed by atoms with Gasteiger partial charge in [-0.2, -0.15) is 5.10 Å². The van der Waals surface area contributed by atoms with Crippen LogP contribution in [0.1, 0.15) is 18.2 Å². The smallest absolute Gasteiger partial charge is 0.270 e. The van der Waals surface area contributed by atoms with Crippen molar-refractivity contribution in [1.82, 2.24) is 15.5 Å². The number of nitro groups is 1. The van der Waals surface area contributed by atoms with Crippen LogP contribution in [0.3, 0.4) is 0 Å². The number of benzene rings is 1. The molecule has 1 aromatic heterocycles. The zero-order chi connectivity index (χ0) is 14.7. The van der Waals surface area contributed by atoms with Crippen LogP contribution in [0.5, 0.6) is 0 Å². The first-order chi connectivity index (χ1) is 9.54. The van der Waals surface area contributed by atoms with E-state index in [4.69, 9.17) is 0 Å². The number of non-ortho nitro benzene ring substituents is 1. The number of aliphatic hydroxyl groups excluding tert-OH is 2. The number of aromatic amines is 1. The number of nitrogens with one attached hydrogen (secondary N) is 2.